The molecule has 0 aliphatic carbocycles. The number of anilines is 2. The van der Waals surface area contributed by atoms with Crippen molar-refractivity contribution < 1.29 is 4.74 Å². The maximum atomic E-state index is 6.11. The van der Waals surface area contributed by atoms with Gasteiger partial charge in [-0.3, -0.25) is 0 Å². The largest absolute Gasteiger partial charge is 0.381 e. The van der Waals surface area contributed by atoms with Crippen LogP contribution in [-0.4, -0.2) is 54.3 Å². The van der Waals surface area contributed by atoms with E-state index in [1.807, 2.05) is 7.05 Å². The fourth-order valence-electron chi connectivity index (χ4n) is 2.96. The Labute approximate surface area is 130 Å². The zero-order chi connectivity index (χ0) is 14.7. The van der Waals surface area contributed by atoms with Crippen LogP contribution in [0.4, 0.5) is 11.9 Å². The van der Waals surface area contributed by atoms with E-state index in [1.165, 1.54) is 19.3 Å². The molecule has 2 aliphatic heterocycles. The number of hydrogen-bond donors (Lipinski definition) is 0. The van der Waals surface area contributed by atoms with E-state index in [0.717, 1.165) is 39.1 Å². The number of aromatic nitrogens is 3. The van der Waals surface area contributed by atoms with Crippen LogP contribution in [0.15, 0.2) is 0 Å². The Morgan fingerprint density at radius 1 is 1.10 bits per heavy atom. The molecule has 116 valence electrons. The third-order valence-corrected chi connectivity index (χ3v) is 4.45. The SMILES string of the molecule is CN(c1nc(Cl)nc(N2CCCCC2)n1)C1CCOCC1. The summed E-state index contributed by atoms with van der Waals surface area (Å²) in [6.45, 7) is 3.60. The van der Waals surface area contributed by atoms with Crippen LogP contribution in [0.2, 0.25) is 5.28 Å². The Balaban J connectivity index is 1.79. The van der Waals surface area contributed by atoms with Crippen molar-refractivity contribution in [2.75, 3.05) is 43.2 Å². The molecular weight excluding hydrogens is 290 g/mol. The predicted molar refractivity (Wildman–Crippen MR) is 83.1 cm³/mol. The normalized spacial score (nSPS) is 20.6. The van der Waals surface area contributed by atoms with E-state index >= 15 is 0 Å². The molecule has 0 atom stereocenters. The van der Waals surface area contributed by atoms with E-state index < -0.39 is 0 Å². The lowest BCUT2D eigenvalue weighted by Gasteiger charge is -2.32. The molecule has 0 aromatic carbocycles. The van der Waals surface area contributed by atoms with Gasteiger partial charge in [-0.25, -0.2) is 0 Å². The second kappa shape index (κ2) is 6.75. The van der Waals surface area contributed by atoms with E-state index in [9.17, 15) is 0 Å². The van der Waals surface area contributed by atoms with Crippen LogP contribution in [0.5, 0.6) is 0 Å². The lowest BCUT2D eigenvalue weighted by atomic mass is 10.1. The van der Waals surface area contributed by atoms with Gasteiger partial charge in [0.1, 0.15) is 0 Å². The minimum atomic E-state index is 0.277. The second-order valence-corrected chi connectivity index (χ2v) is 6.04. The third-order valence-electron chi connectivity index (χ3n) is 4.28. The van der Waals surface area contributed by atoms with Gasteiger partial charge >= 0.3 is 0 Å². The summed E-state index contributed by atoms with van der Waals surface area (Å²) >= 11 is 6.11. The highest BCUT2D eigenvalue weighted by atomic mass is 35.5. The van der Waals surface area contributed by atoms with E-state index in [2.05, 4.69) is 24.8 Å². The average Bonchev–Trinajstić information content (AvgIpc) is 2.55. The molecule has 2 fully saturated rings. The quantitative estimate of drug-likeness (QED) is 0.852. The van der Waals surface area contributed by atoms with Crippen molar-refractivity contribution in [3.05, 3.63) is 5.28 Å². The predicted octanol–water partition coefficient (Wildman–Crippen LogP) is 2.13. The van der Waals surface area contributed by atoms with Crippen LogP contribution >= 0.6 is 11.6 Å². The second-order valence-electron chi connectivity index (χ2n) is 5.71. The first-order chi connectivity index (χ1) is 10.2. The van der Waals surface area contributed by atoms with Gasteiger partial charge in [-0.2, -0.15) is 15.0 Å². The number of halogens is 1. The molecule has 2 aliphatic rings. The summed E-state index contributed by atoms with van der Waals surface area (Å²) in [4.78, 5) is 17.6. The fraction of sp³-hybridized carbons (Fsp3) is 0.786. The van der Waals surface area contributed by atoms with Gasteiger partial charge in [0.25, 0.3) is 0 Å². The van der Waals surface area contributed by atoms with Crippen molar-refractivity contribution in [3.8, 4) is 0 Å². The highest BCUT2D eigenvalue weighted by Gasteiger charge is 2.23. The summed E-state index contributed by atoms with van der Waals surface area (Å²) < 4.78 is 5.41. The molecule has 6 nitrogen and oxygen atoms in total. The molecule has 0 amide bonds. The Morgan fingerprint density at radius 2 is 1.81 bits per heavy atom. The molecule has 0 bridgehead atoms. The van der Waals surface area contributed by atoms with E-state index in [-0.39, 0.29) is 5.28 Å². The summed E-state index contributed by atoms with van der Waals surface area (Å²) in [6, 6.07) is 0.409. The number of piperidine rings is 1. The molecule has 3 heterocycles. The number of rotatable bonds is 3. The van der Waals surface area contributed by atoms with Crippen molar-refractivity contribution in [1.82, 2.24) is 15.0 Å². The smallest absolute Gasteiger partial charge is 0.231 e. The van der Waals surface area contributed by atoms with Crippen LogP contribution in [0.1, 0.15) is 32.1 Å². The zero-order valence-corrected chi connectivity index (χ0v) is 13.2. The standard InChI is InChI=1S/C14H22ClN5O/c1-19(11-5-9-21-10-6-11)13-16-12(15)17-14(18-13)20-7-3-2-4-8-20/h11H,2-10H2,1H3. The molecular formula is C14H22ClN5O. The van der Waals surface area contributed by atoms with Crippen LogP contribution in [0.25, 0.3) is 0 Å². The van der Waals surface area contributed by atoms with Gasteiger partial charge in [0, 0.05) is 39.4 Å². The van der Waals surface area contributed by atoms with Gasteiger partial charge in [-0.15, -0.1) is 0 Å². The summed E-state index contributed by atoms with van der Waals surface area (Å²) in [7, 11) is 2.03. The molecule has 1 aromatic rings. The monoisotopic (exact) mass is 311 g/mol. The Hall–Kier alpha value is -1.14. The molecule has 0 unspecified atom stereocenters. The van der Waals surface area contributed by atoms with E-state index in [0.29, 0.717) is 17.9 Å². The molecule has 7 heteroatoms. The van der Waals surface area contributed by atoms with Crippen molar-refractivity contribution in [3.63, 3.8) is 0 Å². The number of nitrogens with zero attached hydrogens (tertiary/aromatic N) is 5. The Kier molecular flexibility index (Phi) is 4.75. The van der Waals surface area contributed by atoms with Crippen molar-refractivity contribution >= 4 is 23.5 Å². The van der Waals surface area contributed by atoms with Gasteiger partial charge < -0.3 is 14.5 Å². The van der Waals surface area contributed by atoms with Gasteiger partial charge in [-0.05, 0) is 43.7 Å². The minimum absolute atomic E-state index is 0.277. The summed E-state index contributed by atoms with van der Waals surface area (Å²) in [5, 5.41) is 0.277. The van der Waals surface area contributed by atoms with Gasteiger partial charge in [0.2, 0.25) is 17.2 Å². The maximum absolute atomic E-state index is 6.11. The topological polar surface area (TPSA) is 54.4 Å². The average molecular weight is 312 g/mol. The van der Waals surface area contributed by atoms with Crippen molar-refractivity contribution in [2.45, 2.75) is 38.1 Å². The molecule has 21 heavy (non-hydrogen) atoms. The summed E-state index contributed by atoms with van der Waals surface area (Å²) in [5.74, 6) is 1.38. The zero-order valence-electron chi connectivity index (χ0n) is 12.5. The Morgan fingerprint density at radius 3 is 2.52 bits per heavy atom. The maximum Gasteiger partial charge on any atom is 0.231 e. The molecule has 0 saturated carbocycles. The first-order valence-corrected chi connectivity index (χ1v) is 8.09. The lowest BCUT2D eigenvalue weighted by molar-refractivity contribution is 0.0852. The Bertz CT molecular complexity index is 474. The fourth-order valence-corrected chi connectivity index (χ4v) is 3.11. The molecule has 0 radical (unpaired) electrons. The van der Waals surface area contributed by atoms with Crippen molar-refractivity contribution in [1.29, 1.82) is 0 Å². The first-order valence-electron chi connectivity index (χ1n) is 7.71. The molecule has 1 aromatic heterocycles. The van der Waals surface area contributed by atoms with E-state index in [1.54, 1.807) is 0 Å². The highest BCUT2D eigenvalue weighted by molar-refractivity contribution is 6.28. The molecule has 0 spiro atoms. The van der Waals surface area contributed by atoms with Crippen LogP contribution in [-0.2, 0) is 4.74 Å². The minimum Gasteiger partial charge on any atom is -0.381 e. The molecule has 0 N–H and O–H groups in total. The number of ether oxygens (including phenoxy) is 1. The third kappa shape index (κ3) is 3.55. The van der Waals surface area contributed by atoms with E-state index in [4.69, 9.17) is 16.3 Å². The highest BCUT2D eigenvalue weighted by Crippen LogP contribution is 2.23. The van der Waals surface area contributed by atoms with Gasteiger partial charge in [-0.1, -0.05) is 0 Å². The van der Waals surface area contributed by atoms with Gasteiger partial charge in [0.15, 0.2) is 0 Å². The molecule has 3 rings (SSSR count). The molecule has 2 saturated heterocycles. The van der Waals surface area contributed by atoms with Crippen molar-refractivity contribution in [2.24, 2.45) is 0 Å². The lowest BCUT2D eigenvalue weighted by Crippen LogP contribution is -2.38. The summed E-state index contributed by atoms with van der Waals surface area (Å²) in [6.07, 6.45) is 5.66. The van der Waals surface area contributed by atoms with Crippen LogP contribution in [0.3, 0.4) is 0 Å². The van der Waals surface area contributed by atoms with Crippen LogP contribution < -0.4 is 9.80 Å². The van der Waals surface area contributed by atoms with Crippen LogP contribution in [0, 0.1) is 0 Å². The first kappa shape index (κ1) is 14.8. The summed E-state index contributed by atoms with van der Waals surface area (Å²) in [5.41, 5.74) is 0. The van der Waals surface area contributed by atoms with Gasteiger partial charge in [0.05, 0.1) is 0 Å². The number of hydrogen-bond acceptors (Lipinski definition) is 6.